The van der Waals surface area contributed by atoms with Gasteiger partial charge in [-0.05, 0) is 47.5 Å². The predicted octanol–water partition coefficient (Wildman–Crippen LogP) is 5.05. The van der Waals surface area contributed by atoms with Crippen molar-refractivity contribution in [2.75, 3.05) is 0 Å². The maximum atomic E-state index is 9.53. The van der Waals surface area contributed by atoms with Crippen LogP contribution >= 0.6 is 0 Å². The number of phenolic OH excluding ortho intramolecular Hbond substituents is 1. The van der Waals surface area contributed by atoms with Gasteiger partial charge in [-0.2, -0.15) is 4.98 Å². The number of hydrogen-bond donors (Lipinski definition) is 1. The summed E-state index contributed by atoms with van der Waals surface area (Å²) in [4.78, 5) is 8.75. The number of aromatic hydroxyl groups is 1. The molecular formula is C24H23N3O3. The Labute approximate surface area is 175 Å². The minimum Gasteiger partial charge on any atom is -0.508 e. The highest BCUT2D eigenvalue weighted by molar-refractivity contribution is 5.48. The van der Waals surface area contributed by atoms with Gasteiger partial charge in [0.25, 0.3) is 0 Å². The summed E-state index contributed by atoms with van der Waals surface area (Å²) in [7, 11) is 0. The molecule has 0 aliphatic rings. The van der Waals surface area contributed by atoms with Crippen molar-refractivity contribution in [1.82, 2.24) is 15.1 Å². The number of hydrogen-bond acceptors (Lipinski definition) is 6. The normalized spacial score (nSPS) is 11.4. The summed E-state index contributed by atoms with van der Waals surface area (Å²) in [5.74, 6) is 2.01. The molecule has 0 atom stereocenters. The van der Waals surface area contributed by atoms with Crippen molar-refractivity contribution in [3.8, 4) is 23.0 Å². The number of aromatic nitrogens is 3. The van der Waals surface area contributed by atoms with Crippen LogP contribution in [0.4, 0.5) is 0 Å². The third-order valence-corrected chi connectivity index (χ3v) is 5.12. The lowest BCUT2D eigenvalue weighted by atomic mass is 9.78. The van der Waals surface area contributed by atoms with Gasteiger partial charge in [-0.25, -0.2) is 4.98 Å². The lowest BCUT2D eigenvalue weighted by Crippen LogP contribution is -2.18. The molecule has 30 heavy (non-hydrogen) atoms. The number of phenols is 1. The lowest BCUT2D eigenvalue weighted by molar-refractivity contribution is 0.301. The van der Waals surface area contributed by atoms with Crippen LogP contribution in [0.25, 0.3) is 11.5 Å². The number of aryl methyl sites for hydroxylation is 1. The fraction of sp³-hybridized carbons (Fsp3) is 0.208. The number of rotatable bonds is 6. The molecule has 0 amide bonds. The van der Waals surface area contributed by atoms with Crippen molar-refractivity contribution in [2.24, 2.45) is 0 Å². The summed E-state index contributed by atoms with van der Waals surface area (Å²) in [5, 5.41) is 13.4. The molecule has 2 aromatic carbocycles. The van der Waals surface area contributed by atoms with E-state index in [9.17, 15) is 5.11 Å². The van der Waals surface area contributed by atoms with Crippen LogP contribution in [0.3, 0.4) is 0 Å². The smallest absolute Gasteiger partial charge is 0.223 e. The molecule has 0 saturated carbocycles. The largest absolute Gasteiger partial charge is 0.508 e. The zero-order valence-electron chi connectivity index (χ0n) is 17.2. The van der Waals surface area contributed by atoms with Gasteiger partial charge in [-0.3, -0.25) is 0 Å². The topological polar surface area (TPSA) is 81.3 Å². The Bertz CT molecular complexity index is 1130. The highest BCUT2D eigenvalue weighted by Gasteiger charge is 2.23. The van der Waals surface area contributed by atoms with Crippen molar-refractivity contribution < 1.29 is 14.4 Å². The average molecular weight is 401 g/mol. The van der Waals surface area contributed by atoms with E-state index in [1.807, 2.05) is 42.5 Å². The standard InChI is InChI=1S/C24H23N3O3/c1-16-25-23(27-30-16)22-6-4-5-19(26-22)15-29-21-13-9-18(10-14-21)24(2,3)17-7-11-20(28)12-8-17/h4-14,28H,15H2,1-3H3. The van der Waals surface area contributed by atoms with E-state index >= 15 is 0 Å². The molecule has 2 heterocycles. The molecule has 6 nitrogen and oxygen atoms in total. The van der Waals surface area contributed by atoms with Crippen molar-refractivity contribution in [3.05, 3.63) is 89.4 Å². The van der Waals surface area contributed by atoms with Crippen LogP contribution in [0.5, 0.6) is 11.5 Å². The van der Waals surface area contributed by atoms with Crippen molar-refractivity contribution in [3.63, 3.8) is 0 Å². The van der Waals surface area contributed by atoms with Gasteiger partial charge in [0, 0.05) is 12.3 Å². The molecule has 0 unspecified atom stereocenters. The van der Waals surface area contributed by atoms with Crippen LogP contribution in [0.15, 0.2) is 71.3 Å². The Morgan fingerprint density at radius 2 is 1.57 bits per heavy atom. The summed E-state index contributed by atoms with van der Waals surface area (Å²) in [6.07, 6.45) is 0. The minimum atomic E-state index is -0.190. The van der Waals surface area contributed by atoms with Crippen molar-refractivity contribution in [2.45, 2.75) is 32.8 Å². The molecule has 4 aromatic rings. The van der Waals surface area contributed by atoms with E-state index in [4.69, 9.17) is 9.26 Å². The van der Waals surface area contributed by atoms with E-state index in [1.54, 1.807) is 19.1 Å². The first kappa shape index (κ1) is 19.6. The second-order valence-electron chi connectivity index (χ2n) is 7.64. The maximum Gasteiger partial charge on any atom is 0.223 e. The number of ether oxygens (including phenoxy) is 1. The molecule has 0 radical (unpaired) electrons. The summed E-state index contributed by atoms with van der Waals surface area (Å²) in [6, 6.07) is 21.0. The Hall–Kier alpha value is -3.67. The second kappa shape index (κ2) is 7.99. The first-order valence-electron chi connectivity index (χ1n) is 9.71. The van der Waals surface area contributed by atoms with Gasteiger partial charge in [0.2, 0.25) is 11.7 Å². The highest BCUT2D eigenvalue weighted by Crippen LogP contribution is 2.33. The zero-order chi connectivity index (χ0) is 21.1. The number of pyridine rings is 1. The highest BCUT2D eigenvalue weighted by atomic mass is 16.5. The molecule has 152 valence electrons. The van der Waals surface area contributed by atoms with Crippen LogP contribution in [0.1, 0.15) is 36.6 Å². The van der Waals surface area contributed by atoms with Gasteiger partial charge >= 0.3 is 0 Å². The zero-order valence-corrected chi connectivity index (χ0v) is 17.2. The number of nitrogens with zero attached hydrogens (tertiary/aromatic N) is 3. The summed E-state index contributed by atoms with van der Waals surface area (Å²) < 4.78 is 10.9. The van der Waals surface area contributed by atoms with Crippen LogP contribution in [-0.4, -0.2) is 20.2 Å². The molecule has 0 aliphatic heterocycles. The fourth-order valence-corrected chi connectivity index (χ4v) is 3.26. The minimum absolute atomic E-state index is 0.190. The molecule has 0 aliphatic carbocycles. The predicted molar refractivity (Wildman–Crippen MR) is 113 cm³/mol. The number of benzene rings is 2. The molecule has 0 spiro atoms. The van der Waals surface area contributed by atoms with Crippen LogP contribution in [0, 0.1) is 6.92 Å². The second-order valence-corrected chi connectivity index (χ2v) is 7.64. The van der Waals surface area contributed by atoms with E-state index in [-0.39, 0.29) is 11.2 Å². The molecule has 0 saturated heterocycles. The van der Waals surface area contributed by atoms with Gasteiger partial charge in [-0.15, -0.1) is 0 Å². The molecular weight excluding hydrogens is 378 g/mol. The quantitative estimate of drug-likeness (QED) is 0.487. The average Bonchev–Trinajstić information content (AvgIpc) is 3.19. The van der Waals surface area contributed by atoms with E-state index in [2.05, 4.69) is 41.1 Å². The summed E-state index contributed by atoms with van der Waals surface area (Å²) >= 11 is 0. The maximum absolute atomic E-state index is 9.53. The molecule has 6 heteroatoms. The van der Waals surface area contributed by atoms with Crippen molar-refractivity contribution >= 4 is 0 Å². The Balaban J connectivity index is 1.45. The Morgan fingerprint density at radius 1 is 0.900 bits per heavy atom. The van der Waals surface area contributed by atoms with E-state index in [1.165, 1.54) is 0 Å². The van der Waals surface area contributed by atoms with Gasteiger partial charge in [0.05, 0.1) is 5.69 Å². The summed E-state index contributed by atoms with van der Waals surface area (Å²) in [5.41, 5.74) is 3.53. The molecule has 0 fully saturated rings. The first-order valence-corrected chi connectivity index (χ1v) is 9.71. The molecule has 0 bridgehead atoms. The van der Waals surface area contributed by atoms with Crippen molar-refractivity contribution in [1.29, 1.82) is 0 Å². The van der Waals surface area contributed by atoms with Gasteiger partial charge in [0.1, 0.15) is 23.8 Å². The Kier molecular flexibility index (Phi) is 5.23. The summed E-state index contributed by atoms with van der Waals surface area (Å²) in [6.45, 7) is 6.40. The third kappa shape index (κ3) is 4.17. The Morgan fingerprint density at radius 3 is 2.20 bits per heavy atom. The van der Waals surface area contributed by atoms with E-state index in [0.717, 1.165) is 22.6 Å². The monoisotopic (exact) mass is 401 g/mol. The van der Waals surface area contributed by atoms with E-state index < -0.39 is 0 Å². The van der Waals surface area contributed by atoms with Gasteiger partial charge in [-0.1, -0.05) is 49.3 Å². The van der Waals surface area contributed by atoms with E-state index in [0.29, 0.717) is 24.0 Å². The SMILES string of the molecule is Cc1nc(-c2cccc(COc3ccc(C(C)(C)c4ccc(O)cc4)cc3)n2)no1. The van der Waals surface area contributed by atoms with Gasteiger partial charge < -0.3 is 14.4 Å². The molecule has 4 rings (SSSR count). The lowest BCUT2D eigenvalue weighted by Gasteiger charge is -2.26. The van der Waals surface area contributed by atoms with Crippen LogP contribution < -0.4 is 4.74 Å². The molecule has 2 aromatic heterocycles. The van der Waals surface area contributed by atoms with Crippen LogP contribution in [0.2, 0.25) is 0 Å². The fourth-order valence-electron chi connectivity index (χ4n) is 3.26. The third-order valence-electron chi connectivity index (χ3n) is 5.12. The molecule has 1 N–H and O–H groups in total. The van der Waals surface area contributed by atoms with Gasteiger partial charge in [0.15, 0.2) is 0 Å². The first-order chi connectivity index (χ1) is 14.4. The van der Waals surface area contributed by atoms with Crippen LogP contribution in [-0.2, 0) is 12.0 Å².